The fourth-order valence-electron chi connectivity index (χ4n) is 2.49. The molecule has 0 aliphatic heterocycles. The fourth-order valence-corrected chi connectivity index (χ4v) is 3.26. The molecule has 0 fully saturated rings. The predicted molar refractivity (Wildman–Crippen MR) is 89.7 cm³/mol. The van der Waals surface area contributed by atoms with Crippen LogP contribution < -0.4 is 5.32 Å². The summed E-state index contributed by atoms with van der Waals surface area (Å²) in [6, 6.07) is 20.0. The first-order chi connectivity index (χ1) is 9.85. The molecule has 1 N–H and O–H groups in total. The summed E-state index contributed by atoms with van der Waals surface area (Å²) in [5.41, 5.74) is 2.61. The highest BCUT2D eigenvalue weighted by atomic mass is 32.1. The van der Waals surface area contributed by atoms with Gasteiger partial charge in [-0.2, -0.15) is 0 Å². The van der Waals surface area contributed by atoms with Crippen molar-refractivity contribution in [2.24, 2.45) is 0 Å². The molecule has 0 saturated carbocycles. The van der Waals surface area contributed by atoms with Crippen LogP contribution in [-0.4, -0.2) is 6.04 Å². The van der Waals surface area contributed by atoms with E-state index in [1.807, 2.05) is 0 Å². The van der Waals surface area contributed by atoms with Gasteiger partial charge in [-0.1, -0.05) is 37.3 Å². The summed E-state index contributed by atoms with van der Waals surface area (Å²) in [5, 5.41) is 7.14. The van der Waals surface area contributed by atoms with E-state index in [0.29, 0.717) is 6.04 Å². The van der Waals surface area contributed by atoms with Crippen LogP contribution in [0.5, 0.6) is 0 Å². The Morgan fingerprint density at radius 3 is 2.70 bits per heavy atom. The number of rotatable bonds is 5. The number of nitrogens with one attached hydrogen (secondary N) is 1. The van der Waals surface area contributed by atoms with Gasteiger partial charge in [-0.25, -0.2) is 0 Å². The third-order valence-electron chi connectivity index (χ3n) is 3.64. The lowest BCUT2D eigenvalue weighted by Crippen LogP contribution is -2.21. The molecule has 0 aliphatic carbocycles. The Hall–Kier alpha value is -1.80. The highest BCUT2D eigenvalue weighted by Crippen LogP contribution is 2.25. The molecule has 3 rings (SSSR count). The van der Waals surface area contributed by atoms with Crippen LogP contribution >= 0.6 is 11.3 Å². The number of hydrogen-bond donors (Lipinski definition) is 1. The number of hydrogen-bond acceptors (Lipinski definition) is 2. The average Bonchev–Trinajstić information content (AvgIpc) is 2.95. The topological polar surface area (TPSA) is 12.0 Å². The monoisotopic (exact) mass is 281 g/mol. The summed E-state index contributed by atoms with van der Waals surface area (Å²) in [6.45, 7) is 2.24. The van der Waals surface area contributed by atoms with Gasteiger partial charge in [0.05, 0.1) is 0 Å². The molecule has 20 heavy (non-hydrogen) atoms. The second-order valence-corrected chi connectivity index (χ2v) is 6.06. The van der Waals surface area contributed by atoms with Crippen LogP contribution in [0.3, 0.4) is 0 Å². The van der Waals surface area contributed by atoms with Gasteiger partial charge in [0.25, 0.3) is 0 Å². The Labute approximate surface area is 124 Å². The quantitative estimate of drug-likeness (QED) is 0.666. The van der Waals surface area contributed by atoms with Crippen LogP contribution in [0, 0.1) is 0 Å². The SMILES string of the molecule is CCC(Cc1ccccc1)Nc1ccc2sccc2c1. The molecule has 0 bridgehead atoms. The zero-order valence-corrected chi connectivity index (χ0v) is 12.5. The molecule has 1 atom stereocenters. The molecule has 0 radical (unpaired) electrons. The molecule has 3 aromatic rings. The van der Waals surface area contributed by atoms with Gasteiger partial charge >= 0.3 is 0 Å². The van der Waals surface area contributed by atoms with Gasteiger partial charge in [0, 0.05) is 16.4 Å². The number of thiophene rings is 1. The molecule has 0 aliphatic rings. The Balaban J connectivity index is 1.73. The first-order valence-corrected chi connectivity index (χ1v) is 8.01. The molecule has 102 valence electrons. The molecule has 1 heterocycles. The van der Waals surface area contributed by atoms with E-state index in [0.717, 1.165) is 12.8 Å². The summed E-state index contributed by atoms with van der Waals surface area (Å²) in [6.07, 6.45) is 2.19. The van der Waals surface area contributed by atoms with E-state index < -0.39 is 0 Å². The first-order valence-electron chi connectivity index (χ1n) is 7.13. The summed E-state index contributed by atoms with van der Waals surface area (Å²) in [4.78, 5) is 0. The van der Waals surface area contributed by atoms with E-state index in [2.05, 4.69) is 72.2 Å². The number of fused-ring (bicyclic) bond motifs is 1. The average molecular weight is 281 g/mol. The van der Waals surface area contributed by atoms with Gasteiger partial charge < -0.3 is 5.32 Å². The number of anilines is 1. The molecule has 1 aromatic heterocycles. The normalized spacial score (nSPS) is 12.4. The summed E-state index contributed by atoms with van der Waals surface area (Å²) in [5.74, 6) is 0. The zero-order valence-electron chi connectivity index (χ0n) is 11.7. The lowest BCUT2D eigenvalue weighted by molar-refractivity contribution is 0.690. The summed E-state index contributed by atoms with van der Waals surface area (Å²) < 4.78 is 1.35. The van der Waals surface area contributed by atoms with Gasteiger partial charge in [-0.3, -0.25) is 0 Å². The minimum absolute atomic E-state index is 0.480. The molecule has 0 amide bonds. The first kappa shape index (κ1) is 13.2. The third-order valence-corrected chi connectivity index (χ3v) is 4.54. The lowest BCUT2D eigenvalue weighted by atomic mass is 10.0. The van der Waals surface area contributed by atoms with Crippen LogP contribution in [0.4, 0.5) is 5.69 Å². The minimum atomic E-state index is 0.480. The van der Waals surface area contributed by atoms with Crippen LogP contribution in [0.2, 0.25) is 0 Å². The van der Waals surface area contributed by atoms with Crippen molar-refractivity contribution < 1.29 is 0 Å². The third kappa shape index (κ3) is 3.02. The largest absolute Gasteiger partial charge is 0.382 e. The standard InChI is InChI=1S/C18H19NS/c1-2-16(12-14-6-4-3-5-7-14)19-17-8-9-18-15(13-17)10-11-20-18/h3-11,13,16,19H,2,12H2,1H3. The van der Waals surface area contributed by atoms with Crippen LogP contribution in [0.1, 0.15) is 18.9 Å². The highest BCUT2D eigenvalue weighted by molar-refractivity contribution is 7.17. The maximum Gasteiger partial charge on any atom is 0.0349 e. The summed E-state index contributed by atoms with van der Waals surface area (Å²) >= 11 is 1.80. The van der Waals surface area contributed by atoms with E-state index in [4.69, 9.17) is 0 Å². The van der Waals surface area contributed by atoms with E-state index in [9.17, 15) is 0 Å². The van der Waals surface area contributed by atoms with E-state index >= 15 is 0 Å². The number of benzene rings is 2. The molecule has 1 nitrogen and oxygen atoms in total. The van der Waals surface area contributed by atoms with Crippen molar-refractivity contribution in [2.75, 3.05) is 5.32 Å². The highest BCUT2D eigenvalue weighted by Gasteiger charge is 2.07. The Morgan fingerprint density at radius 2 is 1.90 bits per heavy atom. The van der Waals surface area contributed by atoms with Crippen LogP contribution in [0.15, 0.2) is 60.0 Å². The van der Waals surface area contributed by atoms with E-state index in [1.165, 1.54) is 21.3 Å². The summed E-state index contributed by atoms with van der Waals surface area (Å²) in [7, 11) is 0. The second-order valence-electron chi connectivity index (χ2n) is 5.11. The molecule has 2 heteroatoms. The molecule has 1 unspecified atom stereocenters. The van der Waals surface area contributed by atoms with Crippen LogP contribution in [-0.2, 0) is 6.42 Å². The van der Waals surface area contributed by atoms with Crippen molar-refractivity contribution in [1.29, 1.82) is 0 Å². The molecule has 0 saturated heterocycles. The maximum absolute atomic E-state index is 3.66. The lowest BCUT2D eigenvalue weighted by Gasteiger charge is -2.18. The second kappa shape index (κ2) is 6.10. The predicted octanol–water partition coefficient (Wildman–Crippen LogP) is 5.33. The van der Waals surface area contributed by atoms with Crippen LogP contribution in [0.25, 0.3) is 10.1 Å². The zero-order chi connectivity index (χ0) is 13.8. The Kier molecular flexibility index (Phi) is 4.03. The van der Waals surface area contributed by atoms with E-state index in [-0.39, 0.29) is 0 Å². The Morgan fingerprint density at radius 1 is 1.05 bits per heavy atom. The smallest absolute Gasteiger partial charge is 0.0349 e. The van der Waals surface area contributed by atoms with Gasteiger partial charge in [-0.15, -0.1) is 11.3 Å². The van der Waals surface area contributed by atoms with Crippen molar-refractivity contribution in [1.82, 2.24) is 0 Å². The van der Waals surface area contributed by atoms with Crippen molar-refractivity contribution >= 4 is 27.1 Å². The van der Waals surface area contributed by atoms with Crippen molar-refractivity contribution in [3.63, 3.8) is 0 Å². The molecule has 2 aromatic carbocycles. The molecule has 0 spiro atoms. The van der Waals surface area contributed by atoms with Gasteiger partial charge in [0.2, 0.25) is 0 Å². The van der Waals surface area contributed by atoms with E-state index in [1.54, 1.807) is 11.3 Å². The van der Waals surface area contributed by atoms with Crippen molar-refractivity contribution in [2.45, 2.75) is 25.8 Å². The van der Waals surface area contributed by atoms with Crippen molar-refractivity contribution in [3.8, 4) is 0 Å². The maximum atomic E-state index is 3.66. The van der Waals surface area contributed by atoms with Gasteiger partial charge in [-0.05, 0) is 53.4 Å². The fraction of sp³-hybridized carbons (Fsp3) is 0.222. The Bertz CT molecular complexity index is 672. The minimum Gasteiger partial charge on any atom is -0.382 e. The molecular formula is C18H19NS. The van der Waals surface area contributed by atoms with Gasteiger partial charge in [0.15, 0.2) is 0 Å². The van der Waals surface area contributed by atoms with Crippen molar-refractivity contribution in [3.05, 3.63) is 65.5 Å². The molecular weight excluding hydrogens is 262 g/mol. The van der Waals surface area contributed by atoms with Gasteiger partial charge in [0.1, 0.15) is 0 Å².